The highest BCUT2D eigenvalue weighted by Crippen LogP contribution is 2.28. The topological polar surface area (TPSA) is 46.6 Å². The van der Waals surface area contributed by atoms with Gasteiger partial charge >= 0.3 is 6.09 Å². The fourth-order valence-electron chi connectivity index (χ4n) is 1.98. The van der Waals surface area contributed by atoms with Crippen molar-refractivity contribution in [1.82, 2.24) is 4.90 Å². The predicted molar refractivity (Wildman–Crippen MR) is 77.2 cm³/mol. The number of aldehydes is 1. The summed E-state index contributed by atoms with van der Waals surface area (Å²) in [6.45, 7) is 14.3. The molecule has 0 spiro atoms. The van der Waals surface area contributed by atoms with Gasteiger partial charge in [0.05, 0.1) is 0 Å². The summed E-state index contributed by atoms with van der Waals surface area (Å²) < 4.78 is 5.45. The second-order valence-corrected chi connectivity index (χ2v) is 6.96. The molecular formula is C15H29NO3. The summed E-state index contributed by atoms with van der Waals surface area (Å²) in [4.78, 5) is 24.9. The minimum Gasteiger partial charge on any atom is -0.444 e. The van der Waals surface area contributed by atoms with Gasteiger partial charge in [0, 0.05) is 19.0 Å². The summed E-state index contributed by atoms with van der Waals surface area (Å²) in [5, 5.41) is 0. The molecular weight excluding hydrogens is 242 g/mol. The molecule has 0 aliphatic rings. The third-order valence-electron chi connectivity index (χ3n) is 2.79. The van der Waals surface area contributed by atoms with Crippen molar-refractivity contribution in [3.63, 3.8) is 0 Å². The van der Waals surface area contributed by atoms with Crippen LogP contribution >= 0.6 is 0 Å². The first-order valence-corrected chi connectivity index (χ1v) is 6.96. The first-order valence-electron chi connectivity index (χ1n) is 6.96. The average Bonchev–Trinajstić information content (AvgIpc) is 2.19. The largest absolute Gasteiger partial charge is 0.444 e. The minimum absolute atomic E-state index is 0.139. The summed E-state index contributed by atoms with van der Waals surface area (Å²) in [5.41, 5.74) is -0.681. The molecule has 4 heteroatoms. The number of carbonyl (C=O) groups is 2. The zero-order valence-electron chi connectivity index (χ0n) is 13.4. The number of hydrogen-bond donors (Lipinski definition) is 0. The number of rotatable bonds is 5. The molecule has 0 aromatic rings. The van der Waals surface area contributed by atoms with Crippen LogP contribution in [-0.4, -0.2) is 35.5 Å². The van der Waals surface area contributed by atoms with Crippen LogP contribution in [0.1, 0.15) is 61.3 Å². The Morgan fingerprint density at radius 2 is 1.74 bits per heavy atom. The third kappa shape index (κ3) is 6.60. The molecule has 0 aliphatic heterocycles. The maximum Gasteiger partial charge on any atom is 0.410 e. The van der Waals surface area contributed by atoms with Crippen LogP contribution in [0.4, 0.5) is 4.79 Å². The van der Waals surface area contributed by atoms with Crippen LogP contribution in [0.15, 0.2) is 0 Å². The lowest BCUT2D eigenvalue weighted by molar-refractivity contribution is -0.109. The van der Waals surface area contributed by atoms with Crippen LogP contribution in [-0.2, 0) is 9.53 Å². The molecule has 0 heterocycles. The van der Waals surface area contributed by atoms with Gasteiger partial charge in [-0.15, -0.1) is 0 Å². The molecule has 0 saturated carbocycles. The fraction of sp³-hybridized carbons (Fsp3) is 0.867. The molecule has 112 valence electrons. The molecule has 4 nitrogen and oxygen atoms in total. The molecule has 19 heavy (non-hydrogen) atoms. The highest BCUT2D eigenvalue weighted by atomic mass is 16.6. The van der Waals surface area contributed by atoms with Crippen LogP contribution < -0.4 is 0 Å². The first-order chi connectivity index (χ1) is 8.53. The van der Waals surface area contributed by atoms with Gasteiger partial charge in [-0.3, -0.25) is 0 Å². The Kier molecular flexibility index (Phi) is 6.53. The molecule has 0 bridgehead atoms. The number of hydrogen-bond acceptors (Lipinski definition) is 3. The first kappa shape index (κ1) is 17.9. The Bertz CT molecular complexity index is 299. The van der Waals surface area contributed by atoms with Gasteiger partial charge in [-0.1, -0.05) is 27.7 Å². The molecule has 0 N–H and O–H groups in total. The molecule has 0 fully saturated rings. The Morgan fingerprint density at radius 3 is 2.05 bits per heavy atom. The average molecular weight is 271 g/mol. The van der Waals surface area contributed by atoms with Crippen LogP contribution in [0.3, 0.4) is 0 Å². The molecule has 1 unspecified atom stereocenters. The van der Waals surface area contributed by atoms with E-state index < -0.39 is 5.60 Å². The van der Waals surface area contributed by atoms with E-state index in [0.29, 0.717) is 13.0 Å². The lowest BCUT2D eigenvalue weighted by Crippen LogP contribution is -2.49. The van der Waals surface area contributed by atoms with Gasteiger partial charge in [0.15, 0.2) is 0 Å². The van der Waals surface area contributed by atoms with E-state index in [1.807, 2.05) is 48.5 Å². The van der Waals surface area contributed by atoms with Crippen molar-refractivity contribution in [3.8, 4) is 0 Å². The summed E-state index contributed by atoms with van der Waals surface area (Å²) in [6.07, 6.45) is 1.72. The van der Waals surface area contributed by atoms with E-state index in [0.717, 1.165) is 12.7 Å². The number of carbonyl (C=O) groups excluding carboxylic acids is 2. The number of amides is 1. The molecule has 1 atom stereocenters. The summed E-state index contributed by atoms with van der Waals surface area (Å²) in [5.74, 6) is 0. The molecule has 0 aromatic heterocycles. The zero-order valence-corrected chi connectivity index (χ0v) is 13.4. The van der Waals surface area contributed by atoms with Crippen LogP contribution in [0.25, 0.3) is 0 Å². The van der Waals surface area contributed by atoms with Crippen LogP contribution in [0.2, 0.25) is 0 Å². The van der Waals surface area contributed by atoms with E-state index in [-0.39, 0.29) is 17.6 Å². The van der Waals surface area contributed by atoms with E-state index in [4.69, 9.17) is 4.74 Å². The van der Waals surface area contributed by atoms with Gasteiger partial charge in [-0.25, -0.2) is 4.79 Å². The van der Waals surface area contributed by atoms with E-state index in [1.54, 1.807) is 4.90 Å². The smallest absolute Gasteiger partial charge is 0.410 e. The van der Waals surface area contributed by atoms with E-state index >= 15 is 0 Å². The number of nitrogens with zero attached hydrogens (tertiary/aromatic N) is 1. The fourth-order valence-corrected chi connectivity index (χ4v) is 1.98. The molecule has 0 rings (SSSR count). The second-order valence-electron chi connectivity index (χ2n) is 6.96. The Labute approximate surface area is 117 Å². The van der Waals surface area contributed by atoms with Gasteiger partial charge in [0.1, 0.15) is 11.9 Å². The summed E-state index contributed by atoms with van der Waals surface area (Å²) in [7, 11) is 0. The Hall–Kier alpha value is -1.06. The van der Waals surface area contributed by atoms with Crippen molar-refractivity contribution in [2.75, 3.05) is 6.54 Å². The standard InChI is InChI=1S/C15H29NO3/c1-8-10-16(13(18)19-15(5,6)7)12(9-11-17)14(2,3)4/h11-12H,8-10H2,1-7H3. The quantitative estimate of drug-likeness (QED) is 0.717. The molecule has 1 amide bonds. The SMILES string of the molecule is CCCN(C(=O)OC(C)(C)C)C(CC=O)C(C)(C)C. The van der Waals surface area contributed by atoms with Gasteiger partial charge < -0.3 is 14.4 Å². The van der Waals surface area contributed by atoms with Gasteiger partial charge in [0.2, 0.25) is 0 Å². The highest BCUT2D eigenvalue weighted by molar-refractivity contribution is 5.69. The lowest BCUT2D eigenvalue weighted by atomic mass is 9.84. The maximum absolute atomic E-state index is 12.3. The number of ether oxygens (including phenoxy) is 1. The van der Waals surface area contributed by atoms with Crippen molar-refractivity contribution >= 4 is 12.4 Å². The van der Waals surface area contributed by atoms with E-state index in [2.05, 4.69) is 0 Å². The lowest BCUT2D eigenvalue weighted by Gasteiger charge is -2.39. The monoisotopic (exact) mass is 271 g/mol. The third-order valence-corrected chi connectivity index (χ3v) is 2.79. The zero-order chi connectivity index (χ0) is 15.3. The minimum atomic E-state index is -0.521. The molecule has 0 saturated heterocycles. The van der Waals surface area contributed by atoms with Crippen molar-refractivity contribution in [2.24, 2.45) is 5.41 Å². The van der Waals surface area contributed by atoms with Crippen molar-refractivity contribution in [2.45, 2.75) is 73.0 Å². The summed E-state index contributed by atoms with van der Waals surface area (Å²) >= 11 is 0. The predicted octanol–water partition coefficient (Wildman–Crippen LogP) is 3.64. The van der Waals surface area contributed by atoms with E-state index in [9.17, 15) is 9.59 Å². The maximum atomic E-state index is 12.3. The molecule has 0 aromatic carbocycles. The van der Waals surface area contributed by atoms with Gasteiger partial charge in [-0.2, -0.15) is 0 Å². The Balaban J connectivity index is 5.13. The van der Waals surface area contributed by atoms with Gasteiger partial charge in [0.25, 0.3) is 0 Å². The normalized spacial score (nSPS) is 13.8. The molecule has 0 aliphatic carbocycles. The second kappa shape index (κ2) is 6.92. The summed E-state index contributed by atoms with van der Waals surface area (Å²) in [6, 6.07) is -0.139. The van der Waals surface area contributed by atoms with E-state index in [1.165, 1.54) is 0 Å². The van der Waals surface area contributed by atoms with Crippen molar-refractivity contribution in [1.29, 1.82) is 0 Å². The van der Waals surface area contributed by atoms with Crippen LogP contribution in [0.5, 0.6) is 0 Å². The molecule has 0 radical (unpaired) electrons. The van der Waals surface area contributed by atoms with Gasteiger partial charge in [-0.05, 0) is 32.6 Å². The highest BCUT2D eigenvalue weighted by Gasteiger charge is 2.34. The van der Waals surface area contributed by atoms with Crippen molar-refractivity contribution < 1.29 is 14.3 Å². The van der Waals surface area contributed by atoms with Crippen LogP contribution in [0, 0.1) is 5.41 Å². The van der Waals surface area contributed by atoms with Crippen molar-refractivity contribution in [3.05, 3.63) is 0 Å². The Morgan fingerprint density at radius 1 is 1.21 bits per heavy atom.